The average molecular weight is 375 g/mol. The number of hydrogen-bond donors (Lipinski definition) is 6. The number of ketones is 1. The van der Waals surface area contributed by atoms with Crippen LogP contribution in [0.15, 0.2) is 17.1 Å². The summed E-state index contributed by atoms with van der Waals surface area (Å²) in [5.74, 6) is -2.86. The first-order valence-electron chi connectivity index (χ1n) is 7.75. The summed E-state index contributed by atoms with van der Waals surface area (Å²) in [5, 5.41) is 57.1. The largest absolute Gasteiger partial charge is 0.394 e. The summed E-state index contributed by atoms with van der Waals surface area (Å²) in [6.07, 6.45) is -10.2. The molecule has 1 aromatic rings. The predicted molar refractivity (Wildman–Crippen MR) is 83.9 cm³/mol. The number of halogens is 2. The second kappa shape index (κ2) is 8.25. The maximum absolute atomic E-state index is 13.3. The van der Waals surface area contributed by atoms with Crippen molar-refractivity contribution in [3.05, 3.63) is 29.3 Å². The van der Waals surface area contributed by atoms with Gasteiger partial charge < -0.3 is 30.6 Å². The zero-order chi connectivity index (χ0) is 19.6. The molecule has 0 fully saturated rings. The monoisotopic (exact) mass is 375 g/mol. The van der Waals surface area contributed by atoms with Crippen molar-refractivity contribution in [3.63, 3.8) is 0 Å². The zero-order valence-corrected chi connectivity index (χ0v) is 13.5. The highest BCUT2D eigenvalue weighted by Crippen LogP contribution is 2.28. The lowest BCUT2D eigenvalue weighted by Gasteiger charge is -2.29. The molecule has 10 heteroatoms. The SMILES string of the molecule is O=C1Cc2cc(F)c(F)cc2N=C1C[C@@H](O)[C@@H](O)C(O)[C@H](O)[C@H](O)CO. The van der Waals surface area contributed by atoms with E-state index in [1.807, 2.05) is 0 Å². The fourth-order valence-electron chi connectivity index (χ4n) is 2.55. The van der Waals surface area contributed by atoms with Gasteiger partial charge in [-0.1, -0.05) is 0 Å². The molecule has 1 aromatic carbocycles. The lowest BCUT2D eigenvalue weighted by molar-refractivity contribution is -0.139. The van der Waals surface area contributed by atoms with Gasteiger partial charge in [0.15, 0.2) is 17.4 Å². The molecule has 0 aromatic heterocycles. The van der Waals surface area contributed by atoms with Crippen LogP contribution in [0, 0.1) is 11.6 Å². The average Bonchev–Trinajstić information content (AvgIpc) is 2.61. The molecule has 0 saturated heterocycles. The molecule has 5 atom stereocenters. The summed E-state index contributed by atoms with van der Waals surface area (Å²) in [5.41, 5.74) is -0.0369. The lowest BCUT2D eigenvalue weighted by Crippen LogP contribution is -2.50. The van der Waals surface area contributed by atoms with E-state index in [4.69, 9.17) is 5.11 Å². The van der Waals surface area contributed by atoms with Crippen LogP contribution in [-0.2, 0) is 11.2 Å². The second-order valence-corrected chi connectivity index (χ2v) is 6.05. The molecule has 0 radical (unpaired) electrons. The number of fused-ring (bicyclic) bond motifs is 1. The summed E-state index contributed by atoms with van der Waals surface area (Å²) >= 11 is 0. The number of Topliss-reactive ketones (excluding diaryl/α,β-unsaturated/α-hetero) is 1. The van der Waals surface area contributed by atoms with Gasteiger partial charge in [0.1, 0.15) is 24.4 Å². The highest BCUT2D eigenvalue weighted by molar-refractivity contribution is 6.41. The minimum absolute atomic E-state index is 0.0106. The van der Waals surface area contributed by atoms with Gasteiger partial charge >= 0.3 is 0 Å². The van der Waals surface area contributed by atoms with Crippen molar-refractivity contribution in [1.82, 2.24) is 0 Å². The highest BCUT2D eigenvalue weighted by Gasteiger charge is 2.35. The Morgan fingerprint density at radius 3 is 2.15 bits per heavy atom. The molecule has 0 bridgehead atoms. The molecular formula is C16H19F2NO7. The number of aliphatic hydroxyl groups is 6. The minimum atomic E-state index is -2.01. The number of aliphatic imine (C=N–C) groups is 1. The Kier molecular flexibility index (Phi) is 6.50. The van der Waals surface area contributed by atoms with Crippen LogP contribution in [-0.4, -0.2) is 79.3 Å². The Morgan fingerprint density at radius 1 is 0.962 bits per heavy atom. The fourth-order valence-corrected chi connectivity index (χ4v) is 2.55. The van der Waals surface area contributed by atoms with Gasteiger partial charge in [0, 0.05) is 18.9 Å². The van der Waals surface area contributed by atoms with E-state index in [0.717, 1.165) is 12.1 Å². The Hall–Kier alpha value is -1.82. The van der Waals surface area contributed by atoms with E-state index in [2.05, 4.69) is 4.99 Å². The van der Waals surface area contributed by atoms with Gasteiger partial charge in [0.05, 0.1) is 24.1 Å². The molecule has 0 spiro atoms. The summed E-state index contributed by atoms with van der Waals surface area (Å²) in [7, 11) is 0. The summed E-state index contributed by atoms with van der Waals surface area (Å²) in [6.45, 7) is -0.884. The quantitative estimate of drug-likeness (QED) is 0.334. The van der Waals surface area contributed by atoms with Gasteiger partial charge in [-0.05, 0) is 11.6 Å². The maximum atomic E-state index is 13.3. The van der Waals surface area contributed by atoms with Crippen LogP contribution in [0.5, 0.6) is 0 Å². The lowest BCUT2D eigenvalue weighted by atomic mass is 9.92. The fraction of sp³-hybridized carbons (Fsp3) is 0.500. The molecule has 6 N–H and O–H groups in total. The van der Waals surface area contributed by atoms with Crippen molar-refractivity contribution in [2.75, 3.05) is 6.61 Å². The smallest absolute Gasteiger partial charge is 0.181 e. The molecule has 1 heterocycles. The number of carbonyl (C=O) groups excluding carboxylic acids is 1. The van der Waals surface area contributed by atoms with Gasteiger partial charge in [-0.15, -0.1) is 0 Å². The van der Waals surface area contributed by atoms with E-state index in [1.54, 1.807) is 0 Å². The van der Waals surface area contributed by atoms with E-state index in [9.17, 15) is 39.1 Å². The summed E-state index contributed by atoms with van der Waals surface area (Å²) in [6, 6.07) is 1.65. The topological polar surface area (TPSA) is 151 Å². The van der Waals surface area contributed by atoms with Gasteiger partial charge in [-0.2, -0.15) is 0 Å². The normalized spacial score (nSPS) is 20.0. The van der Waals surface area contributed by atoms with E-state index in [0.29, 0.717) is 0 Å². The Labute approximate surface area is 146 Å². The van der Waals surface area contributed by atoms with Crippen molar-refractivity contribution >= 4 is 17.2 Å². The summed E-state index contributed by atoms with van der Waals surface area (Å²) in [4.78, 5) is 15.9. The number of nitrogens with zero attached hydrogens (tertiary/aromatic N) is 1. The van der Waals surface area contributed by atoms with Crippen LogP contribution in [0.25, 0.3) is 0 Å². The number of benzene rings is 1. The summed E-state index contributed by atoms with van der Waals surface area (Å²) < 4.78 is 26.5. The van der Waals surface area contributed by atoms with Crippen molar-refractivity contribution in [2.24, 2.45) is 4.99 Å². The molecule has 1 unspecified atom stereocenters. The molecule has 8 nitrogen and oxygen atoms in total. The van der Waals surface area contributed by atoms with Crippen LogP contribution in [0.1, 0.15) is 12.0 Å². The van der Waals surface area contributed by atoms with Crippen molar-refractivity contribution in [1.29, 1.82) is 0 Å². The van der Waals surface area contributed by atoms with Crippen molar-refractivity contribution in [3.8, 4) is 0 Å². The molecular weight excluding hydrogens is 356 g/mol. The van der Waals surface area contributed by atoms with Gasteiger partial charge in [-0.3, -0.25) is 4.79 Å². The van der Waals surface area contributed by atoms with Crippen LogP contribution in [0.4, 0.5) is 14.5 Å². The second-order valence-electron chi connectivity index (χ2n) is 6.05. The molecule has 1 aliphatic heterocycles. The highest BCUT2D eigenvalue weighted by atomic mass is 19.2. The van der Waals surface area contributed by atoms with Gasteiger partial charge in [0.25, 0.3) is 0 Å². The third-order valence-electron chi connectivity index (χ3n) is 4.13. The third-order valence-corrected chi connectivity index (χ3v) is 4.13. The van der Waals surface area contributed by atoms with Gasteiger partial charge in [-0.25, -0.2) is 13.8 Å². The Balaban J connectivity index is 2.14. The first kappa shape index (κ1) is 20.5. The van der Waals surface area contributed by atoms with Crippen LogP contribution in [0.2, 0.25) is 0 Å². The molecule has 0 aliphatic carbocycles. The van der Waals surface area contributed by atoms with E-state index in [1.165, 1.54) is 0 Å². The number of rotatable bonds is 7. The number of carbonyl (C=O) groups is 1. The van der Waals surface area contributed by atoms with Crippen LogP contribution < -0.4 is 0 Å². The molecule has 2 rings (SSSR count). The van der Waals surface area contributed by atoms with Crippen molar-refractivity contribution < 1.29 is 44.2 Å². The van der Waals surface area contributed by atoms with Gasteiger partial charge in [0.2, 0.25) is 0 Å². The first-order chi connectivity index (χ1) is 12.1. The van der Waals surface area contributed by atoms with Crippen LogP contribution >= 0.6 is 0 Å². The number of hydrogen-bond acceptors (Lipinski definition) is 8. The molecule has 0 saturated carbocycles. The third kappa shape index (κ3) is 4.29. The zero-order valence-electron chi connectivity index (χ0n) is 13.5. The predicted octanol–water partition coefficient (Wildman–Crippen LogP) is -1.65. The van der Waals surface area contributed by atoms with E-state index in [-0.39, 0.29) is 23.4 Å². The standard InChI is InChI=1S/C16H19F2NO7/c17-7-1-6-2-11(21)10(19-9(6)3-8(7)18)4-12(22)14(24)16(26)15(25)13(23)5-20/h1,3,12-16,20,22-26H,2,4-5H2/t12-,13-,14-,15-,16?/m1/s1. The Morgan fingerprint density at radius 2 is 1.54 bits per heavy atom. The first-order valence-corrected chi connectivity index (χ1v) is 7.75. The number of aliphatic hydroxyl groups excluding tert-OH is 6. The molecule has 144 valence electrons. The maximum Gasteiger partial charge on any atom is 0.181 e. The van der Waals surface area contributed by atoms with E-state index >= 15 is 0 Å². The van der Waals surface area contributed by atoms with Crippen molar-refractivity contribution in [2.45, 2.75) is 43.4 Å². The molecule has 0 amide bonds. The van der Waals surface area contributed by atoms with E-state index < -0.39 is 61.0 Å². The van der Waals surface area contributed by atoms with Crippen LogP contribution in [0.3, 0.4) is 0 Å². The molecule has 26 heavy (non-hydrogen) atoms. The minimum Gasteiger partial charge on any atom is -0.394 e. The Bertz CT molecular complexity index is 712. The molecule has 1 aliphatic rings.